The molecule has 0 fully saturated rings. The number of phenols is 1. The number of benzene rings is 1. The summed E-state index contributed by atoms with van der Waals surface area (Å²) in [7, 11) is 0. The number of hydrogen-bond acceptors (Lipinski definition) is 3. The van der Waals surface area contributed by atoms with E-state index in [0.717, 1.165) is 0 Å². The van der Waals surface area contributed by atoms with Crippen molar-refractivity contribution < 1.29 is 14.6 Å². The molecule has 1 aromatic rings. The van der Waals surface area contributed by atoms with Crippen LogP contribution in [0.5, 0.6) is 11.5 Å². The van der Waals surface area contributed by atoms with Crippen molar-refractivity contribution in [1.29, 1.82) is 0 Å². The predicted molar refractivity (Wildman–Crippen MR) is 53.3 cm³/mol. The first kappa shape index (κ1) is 10.3. The van der Waals surface area contributed by atoms with E-state index in [0.29, 0.717) is 16.9 Å². The van der Waals surface area contributed by atoms with Crippen molar-refractivity contribution in [1.82, 2.24) is 0 Å². The average Bonchev–Trinajstić information content (AvgIpc) is 2.09. The normalized spacial score (nSPS) is 9.57. The van der Waals surface area contributed by atoms with Crippen molar-refractivity contribution in [3.63, 3.8) is 0 Å². The van der Waals surface area contributed by atoms with Crippen LogP contribution in [0.1, 0.15) is 12.5 Å². The number of carbonyl (C=O) groups excluding carboxylic acids is 1. The molecule has 0 spiro atoms. The van der Waals surface area contributed by atoms with Crippen molar-refractivity contribution in [2.24, 2.45) is 0 Å². The highest BCUT2D eigenvalue weighted by Gasteiger charge is 2.07. The Labute approximate surface area is 82.6 Å². The van der Waals surface area contributed by atoms with Crippen molar-refractivity contribution in [2.75, 3.05) is 0 Å². The Morgan fingerprint density at radius 2 is 2.14 bits per heavy atom. The van der Waals surface area contributed by atoms with Gasteiger partial charge in [-0.05, 0) is 37.6 Å². The first-order chi connectivity index (χ1) is 6.50. The number of ether oxygens (including phenoxy) is 1. The zero-order chi connectivity index (χ0) is 10.7. The minimum absolute atomic E-state index is 0.151. The first-order valence-electron chi connectivity index (χ1n) is 4.18. The molecule has 1 aromatic carbocycles. The molecule has 1 N–H and O–H groups in total. The van der Waals surface area contributed by atoms with Crippen LogP contribution in [0.4, 0.5) is 0 Å². The zero-order valence-electron chi connectivity index (χ0n) is 8.20. The lowest BCUT2D eigenvalue weighted by molar-refractivity contribution is -0.130. The van der Waals surface area contributed by atoms with Gasteiger partial charge in [0.15, 0.2) is 0 Å². The van der Waals surface area contributed by atoms with Gasteiger partial charge in [-0.1, -0.05) is 6.58 Å². The fourth-order valence-electron chi connectivity index (χ4n) is 0.935. The Bertz CT molecular complexity index is 380. The van der Waals surface area contributed by atoms with Gasteiger partial charge < -0.3 is 9.84 Å². The smallest absolute Gasteiger partial charge is 0.338 e. The zero-order valence-corrected chi connectivity index (χ0v) is 8.20. The number of phenolic OH excluding ortho intramolecular Hbond substituents is 1. The molecule has 0 radical (unpaired) electrons. The van der Waals surface area contributed by atoms with Gasteiger partial charge in [-0.3, -0.25) is 0 Å². The van der Waals surface area contributed by atoms with E-state index in [1.165, 1.54) is 12.1 Å². The third-order valence-electron chi connectivity index (χ3n) is 1.71. The molecule has 0 heterocycles. The van der Waals surface area contributed by atoms with Crippen molar-refractivity contribution in [2.45, 2.75) is 13.8 Å². The van der Waals surface area contributed by atoms with Crippen LogP contribution in [0.15, 0.2) is 30.4 Å². The molecule has 1 rings (SSSR count). The average molecular weight is 192 g/mol. The van der Waals surface area contributed by atoms with Gasteiger partial charge >= 0.3 is 5.97 Å². The third-order valence-corrected chi connectivity index (χ3v) is 1.71. The molecule has 3 nitrogen and oxygen atoms in total. The van der Waals surface area contributed by atoms with E-state index in [2.05, 4.69) is 6.58 Å². The van der Waals surface area contributed by atoms with E-state index in [4.69, 9.17) is 9.84 Å². The molecule has 3 heteroatoms. The van der Waals surface area contributed by atoms with E-state index >= 15 is 0 Å². The number of esters is 1. The summed E-state index contributed by atoms with van der Waals surface area (Å²) in [6, 6.07) is 4.54. The molecule has 0 saturated heterocycles. The van der Waals surface area contributed by atoms with Crippen LogP contribution >= 0.6 is 0 Å². The molecule has 14 heavy (non-hydrogen) atoms. The molecule has 74 valence electrons. The highest BCUT2D eigenvalue weighted by molar-refractivity contribution is 5.88. The van der Waals surface area contributed by atoms with E-state index in [9.17, 15) is 4.79 Å². The second kappa shape index (κ2) is 3.96. The SMILES string of the molecule is C=C(C)C(=O)Oc1ccc(O)cc1C. The van der Waals surface area contributed by atoms with Crippen molar-refractivity contribution in [3.05, 3.63) is 35.9 Å². The Morgan fingerprint density at radius 3 is 2.64 bits per heavy atom. The lowest BCUT2D eigenvalue weighted by Gasteiger charge is -2.06. The van der Waals surface area contributed by atoms with Gasteiger partial charge in [-0.25, -0.2) is 4.79 Å². The lowest BCUT2D eigenvalue weighted by Crippen LogP contribution is -2.08. The molecule has 0 atom stereocenters. The minimum atomic E-state index is -0.459. The number of aryl methyl sites for hydroxylation is 1. The Hall–Kier alpha value is -1.77. The van der Waals surface area contributed by atoms with E-state index in [1.807, 2.05) is 0 Å². The van der Waals surface area contributed by atoms with Gasteiger partial charge in [0.2, 0.25) is 0 Å². The minimum Gasteiger partial charge on any atom is -0.508 e. The van der Waals surface area contributed by atoms with Gasteiger partial charge in [0.25, 0.3) is 0 Å². The van der Waals surface area contributed by atoms with Crippen LogP contribution in [0, 0.1) is 6.92 Å². The molecule has 0 aliphatic heterocycles. The largest absolute Gasteiger partial charge is 0.508 e. The van der Waals surface area contributed by atoms with Crippen LogP contribution in [0.25, 0.3) is 0 Å². The maximum atomic E-state index is 11.2. The van der Waals surface area contributed by atoms with Crippen molar-refractivity contribution in [3.8, 4) is 11.5 Å². The molecule has 0 unspecified atom stereocenters. The Kier molecular flexibility index (Phi) is 2.92. The topological polar surface area (TPSA) is 46.5 Å². The van der Waals surface area contributed by atoms with Gasteiger partial charge in [0.05, 0.1) is 0 Å². The van der Waals surface area contributed by atoms with E-state index in [1.54, 1.807) is 19.9 Å². The molecule has 0 amide bonds. The summed E-state index contributed by atoms with van der Waals surface area (Å²) in [6.07, 6.45) is 0. The van der Waals surface area contributed by atoms with Crippen LogP contribution in [-0.4, -0.2) is 11.1 Å². The van der Waals surface area contributed by atoms with Crippen molar-refractivity contribution >= 4 is 5.97 Å². The number of rotatable bonds is 2. The summed E-state index contributed by atoms with van der Waals surface area (Å²) in [6.45, 7) is 6.81. The predicted octanol–water partition coefficient (Wildman–Crippen LogP) is 2.18. The fourth-order valence-corrected chi connectivity index (χ4v) is 0.935. The molecular formula is C11H12O3. The van der Waals surface area contributed by atoms with Gasteiger partial charge in [-0.2, -0.15) is 0 Å². The summed E-state index contributed by atoms with van der Waals surface area (Å²) in [5, 5.41) is 9.12. The maximum Gasteiger partial charge on any atom is 0.338 e. The van der Waals surface area contributed by atoms with E-state index < -0.39 is 5.97 Å². The number of carbonyl (C=O) groups is 1. The summed E-state index contributed by atoms with van der Waals surface area (Å²) in [5.74, 6) is 0.132. The van der Waals surface area contributed by atoms with Crippen LogP contribution in [-0.2, 0) is 4.79 Å². The van der Waals surface area contributed by atoms with Gasteiger partial charge in [0, 0.05) is 5.57 Å². The molecular weight excluding hydrogens is 180 g/mol. The highest BCUT2D eigenvalue weighted by Crippen LogP contribution is 2.22. The first-order valence-corrected chi connectivity index (χ1v) is 4.18. The summed E-state index contributed by atoms with van der Waals surface area (Å²) in [4.78, 5) is 11.2. The quantitative estimate of drug-likeness (QED) is 0.444. The monoisotopic (exact) mass is 192 g/mol. The summed E-state index contributed by atoms with van der Waals surface area (Å²) in [5.41, 5.74) is 1.05. The molecule has 0 bridgehead atoms. The molecule has 0 aromatic heterocycles. The van der Waals surface area contributed by atoms with E-state index in [-0.39, 0.29) is 5.75 Å². The summed E-state index contributed by atoms with van der Waals surface area (Å²) >= 11 is 0. The fraction of sp³-hybridized carbons (Fsp3) is 0.182. The Morgan fingerprint density at radius 1 is 1.50 bits per heavy atom. The maximum absolute atomic E-state index is 11.2. The van der Waals surface area contributed by atoms with Gasteiger partial charge in [-0.15, -0.1) is 0 Å². The number of hydrogen-bond donors (Lipinski definition) is 1. The molecule has 0 aliphatic carbocycles. The second-order valence-electron chi connectivity index (χ2n) is 3.12. The summed E-state index contributed by atoms with van der Waals surface area (Å²) < 4.78 is 5.01. The standard InChI is InChI=1S/C11H12O3/c1-7(2)11(13)14-10-5-4-9(12)6-8(10)3/h4-6,12H,1H2,2-3H3. The number of aromatic hydroxyl groups is 1. The lowest BCUT2D eigenvalue weighted by atomic mass is 10.2. The van der Waals surface area contributed by atoms with Crippen LogP contribution < -0.4 is 4.74 Å². The van der Waals surface area contributed by atoms with Gasteiger partial charge in [0.1, 0.15) is 11.5 Å². The van der Waals surface area contributed by atoms with Crippen LogP contribution in [0.2, 0.25) is 0 Å². The molecule has 0 saturated carbocycles. The van der Waals surface area contributed by atoms with Crippen LogP contribution in [0.3, 0.4) is 0 Å². The Balaban J connectivity index is 2.87. The highest BCUT2D eigenvalue weighted by atomic mass is 16.5. The second-order valence-corrected chi connectivity index (χ2v) is 3.12. The molecule has 0 aliphatic rings. The third kappa shape index (κ3) is 2.36.